The van der Waals surface area contributed by atoms with Crippen LogP contribution < -0.4 is 21.5 Å². The second-order valence-electron chi connectivity index (χ2n) is 4.36. The van der Waals surface area contributed by atoms with Gasteiger partial charge >= 0.3 is 6.09 Å². The number of nitrogens with zero attached hydrogens (tertiary/aromatic N) is 1. The Labute approximate surface area is 110 Å². The predicted molar refractivity (Wildman–Crippen MR) is 69.4 cm³/mol. The number of anilines is 1. The van der Waals surface area contributed by atoms with Gasteiger partial charge in [-0.05, 0) is 11.6 Å². The number of piperazine rings is 1. The van der Waals surface area contributed by atoms with Crippen LogP contribution in [0, 0.1) is 0 Å². The standard InChI is InChI=1S/C12H16N4O3/c1-16-10(5-15-6-11(16)17)8-3-2-7(4-9(8)13)19-12(14)18/h2-4,10,15H,5-6,13H2,1H3,(H2,14,18). The van der Waals surface area contributed by atoms with Crippen molar-refractivity contribution in [2.75, 3.05) is 25.9 Å². The molecule has 1 aliphatic rings. The van der Waals surface area contributed by atoms with Gasteiger partial charge in [-0.25, -0.2) is 4.79 Å². The number of nitrogens with one attached hydrogen (secondary N) is 1. The number of rotatable bonds is 2. The molecule has 19 heavy (non-hydrogen) atoms. The number of carbonyl (C=O) groups excluding carboxylic acids is 2. The Morgan fingerprint density at radius 2 is 2.26 bits per heavy atom. The second-order valence-corrected chi connectivity index (χ2v) is 4.36. The molecule has 1 saturated heterocycles. The molecule has 7 nitrogen and oxygen atoms in total. The first-order chi connectivity index (χ1) is 8.99. The lowest BCUT2D eigenvalue weighted by Crippen LogP contribution is -2.48. The number of ether oxygens (including phenoxy) is 1. The van der Waals surface area contributed by atoms with Crippen molar-refractivity contribution in [3.8, 4) is 5.75 Å². The van der Waals surface area contributed by atoms with Crippen molar-refractivity contribution in [3.05, 3.63) is 23.8 Å². The third kappa shape index (κ3) is 2.76. The number of carbonyl (C=O) groups is 2. The van der Waals surface area contributed by atoms with Gasteiger partial charge in [0.05, 0.1) is 12.6 Å². The van der Waals surface area contributed by atoms with E-state index >= 15 is 0 Å². The van der Waals surface area contributed by atoms with E-state index in [4.69, 9.17) is 16.2 Å². The van der Waals surface area contributed by atoms with E-state index in [1.807, 2.05) is 0 Å². The summed E-state index contributed by atoms with van der Waals surface area (Å²) in [6.07, 6.45) is -0.890. The minimum absolute atomic E-state index is 0.00751. The van der Waals surface area contributed by atoms with E-state index in [-0.39, 0.29) is 17.7 Å². The van der Waals surface area contributed by atoms with Gasteiger partial charge in [0.25, 0.3) is 0 Å². The van der Waals surface area contributed by atoms with E-state index in [2.05, 4.69) is 5.32 Å². The highest BCUT2D eigenvalue weighted by Gasteiger charge is 2.27. The van der Waals surface area contributed by atoms with Crippen LogP contribution in [0.4, 0.5) is 10.5 Å². The zero-order valence-corrected chi connectivity index (χ0v) is 10.6. The molecule has 0 aliphatic carbocycles. The number of hydrogen-bond donors (Lipinski definition) is 3. The summed E-state index contributed by atoms with van der Waals surface area (Å²) in [4.78, 5) is 23.9. The van der Waals surface area contributed by atoms with Crippen LogP contribution in [0.1, 0.15) is 11.6 Å². The maximum absolute atomic E-state index is 11.6. The van der Waals surface area contributed by atoms with Crippen LogP contribution >= 0.6 is 0 Å². The van der Waals surface area contributed by atoms with E-state index in [1.54, 1.807) is 24.1 Å². The van der Waals surface area contributed by atoms with E-state index in [9.17, 15) is 9.59 Å². The van der Waals surface area contributed by atoms with Gasteiger partial charge in [0.15, 0.2) is 0 Å². The highest BCUT2D eigenvalue weighted by molar-refractivity contribution is 5.79. The van der Waals surface area contributed by atoms with Crippen LogP contribution in [0.5, 0.6) is 5.75 Å². The molecular weight excluding hydrogens is 248 g/mol. The maximum Gasteiger partial charge on any atom is 0.409 e. The molecule has 5 N–H and O–H groups in total. The molecule has 2 rings (SSSR count). The van der Waals surface area contributed by atoms with Crippen LogP contribution in [0.3, 0.4) is 0 Å². The molecule has 102 valence electrons. The molecule has 0 saturated carbocycles. The van der Waals surface area contributed by atoms with Gasteiger partial charge in [0.1, 0.15) is 5.75 Å². The maximum atomic E-state index is 11.6. The minimum atomic E-state index is -0.890. The molecule has 0 radical (unpaired) electrons. The number of benzene rings is 1. The van der Waals surface area contributed by atoms with Crippen LogP contribution in [0.25, 0.3) is 0 Å². The lowest BCUT2D eigenvalue weighted by Gasteiger charge is -2.34. The number of nitrogens with two attached hydrogens (primary N) is 2. The Kier molecular flexibility index (Phi) is 3.57. The second kappa shape index (κ2) is 5.15. The SMILES string of the molecule is CN1C(=O)CNCC1c1ccc(OC(N)=O)cc1N. The van der Waals surface area contributed by atoms with Crippen molar-refractivity contribution < 1.29 is 14.3 Å². The molecular formula is C12H16N4O3. The van der Waals surface area contributed by atoms with Crippen molar-refractivity contribution in [2.45, 2.75) is 6.04 Å². The molecule has 7 heteroatoms. The average Bonchev–Trinajstić information content (AvgIpc) is 2.33. The molecule has 1 aromatic rings. The zero-order chi connectivity index (χ0) is 14.0. The normalized spacial score (nSPS) is 19.3. The van der Waals surface area contributed by atoms with E-state index < -0.39 is 6.09 Å². The topological polar surface area (TPSA) is 111 Å². The minimum Gasteiger partial charge on any atom is -0.410 e. The van der Waals surface area contributed by atoms with E-state index in [1.165, 1.54) is 6.07 Å². The molecule has 1 aromatic carbocycles. The van der Waals surface area contributed by atoms with Gasteiger partial charge in [-0.1, -0.05) is 6.07 Å². The van der Waals surface area contributed by atoms with Crippen molar-refractivity contribution >= 4 is 17.7 Å². The summed E-state index contributed by atoms with van der Waals surface area (Å²) in [5.41, 5.74) is 12.1. The van der Waals surface area contributed by atoms with Crippen molar-refractivity contribution in [1.29, 1.82) is 0 Å². The van der Waals surface area contributed by atoms with Crippen LogP contribution in [0.15, 0.2) is 18.2 Å². The number of primary amides is 1. The summed E-state index contributed by atoms with van der Waals surface area (Å²) in [6.45, 7) is 0.957. The number of amides is 2. The first-order valence-electron chi connectivity index (χ1n) is 5.82. The van der Waals surface area contributed by atoms with Gasteiger partial charge in [-0.2, -0.15) is 0 Å². The average molecular weight is 264 g/mol. The fourth-order valence-electron chi connectivity index (χ4n) is 2.11. The summed E-state index contributed by atoms with van der Waals surface area (Å²) < 4.78 is 4.75. The van der Waals surface area contributed by atoms with Crippen molar-refractivity contribution in [1.82, 2.24) is 10.2 Å². The summed E-state index contributed by atoms with van der Waals surface area (Å²) >= 11 is 0. The smallest absolute Gasteiger partial charge is 0.409 e. The lowest BCUT2D eigenvalue weighted by atomic mass is 10.0. The first-order valence-corrected chi connectivity index (χ1v) is 5.82. The largest absolute Gasteiger partial charge is 0.410 e. The number of likely N-dealkylation sites (N-methyl/N-ethyl adjacent to an activating group) is 1. The highest BCUT2D eigenvalue weighted by Crippen LogP contribution is 2.29. The Hall–Kier alpha value is -2.28. The fraction of sp³-hybridized carbons (Fsp3) is 0.333. The Morgan fingerprint density at radius 1 is 1.53 bits per heavy atom. The highest BCUT2D eigenvalue weighted by atomic mass is 16.5. The van der Waals surface area contributed by atoms with Crippen LogP contribution in [-0.2, 0) is 4.79 Å². The van der Waals surface area contributed by atoms with E-state index in [0.717, 1.165) is 5.56 Å². The fourth-order valence-corrected chi connectivity index (χ4v) is 2.11. The van der Waals surface area contributed by atoms with Gasteiger partial charge in [0.2, 0.25) is 5.91 Å². The summed E-state index contributed by atoms with van der Waals surface area (Å²) in [6, 6.07) is 4.72. The molecule has 1 atom stereocenters. The van der Waals surface area contributed by atoms with E-state index in [0.29, 0.717) is 18.8 Å². The molecule has 0 bridgehead atoms. The van der Waals surface area contributed by atoms with Crippen LogP contribution in [0.2, 0.25) is 0 Å². The molecule has 1 unspecified atom stereocenters. The number of nitrogen functional groups attached to an aromatic ring is 1. The predicted octanol–water partition coefficient (Wildman–Crippen LogP) is -0.171. The summed E-state index contributed by atoms with van der Waals surface area (Å²) in [5, 5.41) is 3.04. The summed E-state index contributed by atoms with van der Waals surface area (Å²) in [7, 11) is 1.74. The van der Waals surface area contributed by atoms with Crippen molar-refractivity contribution in [3.63, 3.8) is 0 Å². The number of hydrogen-bond acceptors (Lipinski definition) is 5. The third-order valence-corrected chi connectivity index (χ3v) is 3.11. The van der Waals surface area contributed by atoms with Crippen molar-refractivity contribution in [2.24, 2.45) is 5.73 Å². The Morgan fingerprint density at radius 3 is 2.89 bits per heavy atom. The quantitative estimate of drug-likeness (QED) is 0.642. The van der Waals surface area contributed by atoms with Gasteiger partial charge in [0, 0.05) is 25.3 Å². The summed E-state index contributed by atoms with van der Waals surface area (Å²) in [5.74, 6) is 0.291. The third-order valence-electron chi connectivity index (χ3n) is 3.11. The molecule has 1 aliphatic heterocycles. The monoisotopic (exact) mass is 264 g/mol. The lowest BCUT2D eigenvalue weighted by molar-refractivity contribution is -0.133. The molecule has 0 spiro atoms. The van der Waals surface area contributed by atoms with Gasteiger partial charge in [-0.3, -0.25) is 4.79 Å². The first kappa shape index (κ1) is 13.2. The van der Waals surface area contributed by atoms with Gasteiger partial charge < -0.3 is 26.4 Å². The van der Waals surface area contributed by atoms with Gasteiger partial charge in [-0.15, -0.1) is 0 Å². The van der Waals surface area contributed by atoms with Crippen LogP contribution in [-0.4, -0.2) is 37.0 Å². The molecule has 0 aromatic heterocycles. The Balaban J connectivity index is 2.25. The molecule has 2 amide bonds. The molecule has 1 fully saturated rings. The Bertz CT molecular complexity index is 518. The zero-order valence-electron chi connectivity index (χ0n) is 10.6. The molecule has 1 heterocycles.